The van der Waals surface area contributed by atoms with Crippen molar-refractivity contribution in [1.29, 1.82) is 0 Å². The molecule has 1 N–H and O–H groups in total. The van der Waals surface area contributed by atoms with Crippen LogP contribution in [0.5, 0.6) is 5.75 Å². The molecule has 0 fully saturated rings. The van der Waals surface area contributed by atoms with Crippen LogP contribution in [0.4, 0.5) is 5.69 Å². The average Bonchev–Trinajstić information content (AvgIpc) is 2.82. The lowest BCUT2D eigenvalue weighted by molar-refractivity contribution is -0.113. The van der Waals surface area contributed by atoms with Crippen LogP contribution in [0.25, 0.3) is 11.2 Å². The molecule has 0 radical (unpaired) electrons. The number of benzene rings is 2. The first kappa shape index (κ1) is 22.8. The van der Waals surface area contributed by atoms with Crippen molar-refractivity contribution in [2.75, 3.05) is 17.7 Å². The Kier molecular flexibility index (Phi) is 7.21. The second-order valence-corrected chi connectivity index (χ2v) is 8.22. The molecular weight excluding hydrogens is 462 g/mol. The van der Waals surface area contributed by atoms with E-state index < -0.39 is 0 Å². The van der Waals surface area contributed by atoms with Gasteiger partial charge in [-0.05, 0) is 30.7 Å². The van der Waals surface area contributed by atoms with E-state index >= 15 is 0 Å². The minimum atomic E-state index is -0.349. The highest BCUT2D eigenvalue weighted by Crippen LogP contribution is 2.25. The number of anilines is 1. The monoisotopic (exact) mass is 481 g/mol. The van der Waals surface area contributed by atoms with E-state index in [2.05, 4.69) is 20.3 Å². The number of ether oxygens (including phenoxy) is 1. The second-order valence-electron chi connectivity index (χ2n) is 6.87. The molecule has 0 spiro atoms. The fourth-order valence-electron chi connectivity index (χ4n) is 3.14. The van der Waals surface area contributed by atoms with Crippen LogP contribution in [-0.2, 0) is 11.3 Å². The average molecular weight is 482 g/mol. The number of amides is 1. The standard InChI is InChI=1S/C23H20ClN5O3S/c1-2-32-18-10-6-5-9-17(18)27-19(30)14-33-23-28-21-20(25-11-12-26-21)22(31)29(23)13-15-7-3-4-8-16(15)24/h3-12H,2,13-14H2,1H3,(H,27,30). The first-order valence-corrected chi connectivity index (χ1v) is 11.5. The first-order valence-electron chi connectivity index (χ1n) is 10.2. The molecule has 1 amide bonds. The molecule has 168 valence electrons. The lowest BCUT2D eigenvalue weighted by Crippen LogP contribution is -2.26. The van der Waals surface area contributed by atoms with Crippen LogP contribution in [0, 0.1) is 0 Å². The van der Waals surface area contributed by atoms with Crippen LogP contribution < -0.4 is 15.6 Å². The summed E-state index contributed by atoms with van der Waals surface area (Å²) in [5.41, 5.74) is 1.36. The molecule has 0 atom stereocenters. The maximum absolute atomic E-state index is 13.2. The molecule has 10 heteroatoms. The number of aromatic nitrogens is 4. The lowest BCUT2D eigenvalue weighted by atomic mass is 10.2. The van der Waals surface area contributed by atoms with Crippen LogP contribution in [0.1, 0.15) is 12.5 Å². The Hall–Kier alpha value is -3.43. The molecule has 0 saturated carbocycles. The molecule has 0 bridgehead atoms. The number of carbonyl (C=O) groups excluding carboxylic acids is 1. The molecule has 0 aliphatic carbocycles. The van der Waals surface area contributed by atoms with Gasteiger partial charge in [0.05, 0.1) is 24.6 Å². The van der Waals surface area contributed by atoms with Crippen LogP contribution in [0.3, 0.4) is 0 Å². The summed E-state index contributed by atoms with van der Waals surface area (Å²) < 4.78 is 7.02. The highest BCUT2D eigenvalue weighted by Gasteiger charge is 2.16. The Labute approximate surface area is 199 Å². The molecule has 2 aromatic carbocycles. The van der Waals surface area contributed by atoms with Gasteiger partial charge in [0.25, 0.3) is 5.56 Å². The van der Waals surface area contributed by atoms with Gasteiger partial charge in [0.2, 0.25) is 5.91 Å². The van der Waals surface area contributed by atoms with E-state index in [4.69, 9.17) is 16.3 Å². The summed E-state index contributed by atoms with van der Waals surface area (Å²) in [6, 6.07) is 14.5. The van der Waals surface area contributed by atoms with E-state index in [9.17, 15) is 9.59 Å². The van der Waals surface area contributed by atoms with Gasteiger partial charge in [-0.3, -0.25) is 14.2 Å². The van der Waals surface area contributed by atoms with Gasteiger partial charge in [-0.1, -0.05) is 53.7 Å². The number of hydrogen-bond acceptors (Lipinski definition) is 7. The molecule has 8 nitrogen and oxygen atoms in total. The maximum atomic E-state index is 13.2. The third-order valence-electron chi connectivity index (χ3n) is 4.64. The fourth-order valence-corrected chi connectivity index (χ4v) is 4.13. The van der Waals surface area contributed by atoms with E-state index in [0.717, 1.165) is 17.3 Å². The summed E-state index contributed by atoms with van der Waals surface area (Å²) in [6.07, 6.45) is 2.92. The number of nitrogens with zero attached hydrogens (tertiary/aromatic N) is 4. The van der Waals surface area contributed by atoms with Crippen LogP contribution >= 0.6 is 23.4 Å². The zero-order chi connectivity index (χ0) is 23.2. The smallest absolute Gasteiger partial charge is 0.282 e. The lowest BCUT2D eigenvalue weighted by Gasteiger charge is -2.14. The van der Waals surface area contributed by atoms with Gasteiger partial charge in [-0.15, -0.1) is 0 Å². The van der Waals surface area contributed by atoms with E-state index in [1.165, 1.54) is 17.0 Å². The van der Waals surface area contributed by atoms with Gasteiger partial charge in [-0.25, -0.2) is 15.0 Å². The number of fused-ring (bicyclic) bond motifs is 1. The number of rotatable bonds is 8. The Morgan fingerprint density at radius 1 is 1.12 bits per heavy atom. The number of hydrogen-bond donors (Lipinski definition) is 1. The predicted octanol–water partition coefficient (Wildman–Crippen LogP) is 4.02. The van der Waals surface area contributed by atoms with Gasteiger partial charge < -0.3 is 10.1 Å². The Balaban J connectivity index is 1.61. The zero-order valence-electron chi connectivity index (χ0n) is 17.7. The van der Waals surface area contributed by atoms with Crippen molar-refractivity contribution in [3.05, 3.63) is 81.9 Å². The van der Waals surface area contributed by atoms with Crippen molar-refractivity contribution in [3.8, 4) is 5.75 Å². The summed E-state index contributed by atoms with van der Waals surface area (Å²) in [7, 11) is 0. The highest BCUT2D eigenvalue weighted by molar-refractivity contribution is 7.99. The molecular formula is C23H20ClN5O3S. The van der Waals surface area contributed by atoms with Crippen molar-refractivity contribution < 1.29 is 9.53 Å². The van der Waals surface area contributed by atoms with E-state index in [-0.39, 0.29) is 34.9 Å². The van der Waals surface area contributed by atoms with E-state index in [1.54, 1.807) is 18.2 Å². The fraction of sp³-hybridized carbons (Fsp3) is 0.174. The number of nitrogens with one attached hydrogen (secondary N) is 1. The summed E-state index contributed by atoms with van der Waals surface area (Å²) >= 11 is 7.44. The minimum Gasteiger partial charge on any atom is -0.492 e. The molecule has 0 aliphatic heterocycles. The van der Waals surface area contributed by atoms with E-state index in [1.807, 2.05) is 37.3 Å². The molecule has 2 heterocycles. The third-order valence-corrected chi connectivity index (χ3v) is 5.98. The number of thioether (sulfide) groups is 1. The van der Waals surface area contributed by atoms with Crippen LogP contribution in [-0.4, -0.2) is 37.8 Å². The van der Waals surface area contributed by atoms with Gasteiger partial charge in [0.1, 0.15) is 5.75 Å². The Bertz CT molecular complexity index is 1360. The molecule has 4 aromatic rings. The predicted molar refractivity (Wildman–Crippen MR) is 129 cm³/mol. The van der Waals surface area contributed by atoms with Crippen molar-refractivity contribution in [2.45, 2.75) is 18.6 Å². The van der Waals surface area contributed by atoms with E-state index in [0.29, 0.717) is 28.2 Å². The first-order chi connectivity index (χ1) is 16.1. The van der Waals surface area contributed by atoms with Crippen molar-refractivity contribution >= 4 is 46.1 Å². The zero-order valence-corrected chi connectivity index (χ0v) is 19.3. The third kappa shape index (κ3) is 5.32. The summed E-state index contributed by atoms with van der Waals surface area (Å²) in [6.45, 7) is 2.55. The normalized spacial score (nSPS) is 10.8. The molecule has 0 aliphatic rings. The summed E-state index contributed by atoms with van der Waals surface area (Å²) in [5, 5.41) is 3.73. The van der Waals surface area contributed by atoms with Crippen LogP contribution in [0.2, 0.25) is 5.02 Å². The molecule has 4 rings (SSSR count). The van der Waals surface area contributed by atoms with Gasteiger partial charge in [0, 0.05) is 17.4 Å². The number of carbonyl (C=O) groups is 1. The van der Waals surface area contributed by atoms with Crippen molar-refractivity contribution in [2.24, 2.45) is 0 Å². The molecule has 2 aromatic heterocycles. The Morgan fingerprint density at radius 2 is 1.88 bits per heavy atom. The van der Waals surface area contributed by atoms with Gasteiger partial charge in [-0.2, -0.15) is 0 Å². The maximum Gasteiger partial charge on any atom is 0.282 e. The summed E-state index contributed by atoms with van der Waals surface area (Å²) in [5.74, 6) is 0.360. The highest BCUT2D eigenvalue weighted by atomic mass is 35.5. The summed E-state index contributed by atoms with van der Waals surface area (Å²) in [4.78, 5) is 38.6. The van der Waals surface area contributed by atoms with Crippen molar-refractivity contribution in [3.63, 3.8) is 0 Å². The molecule has 0 saturated heterocycles. The second kappa shape index (κ2) is 10.5. The molecule has 33 heavy (non-hydrogen) atoms. The van der Waals surface area contributed by atoms with Crippen molar-refractivity contribution in [1.82, 2.24) is 19.5 Å². The minimum absolute atomic E-state index is 0.0290. The topological polar surface area (TPSA) is 99.0 Å². The molecule has 0 unspecified atom stereocenters. The number of halogens is 1. The largest absolute Gasteiger partial charge is 0.492 e. The van der Waals surface area contributed by atoms with Gasteiger partial charge in [0.15, 0.2) is 16.3 Å². The number of para-hydroxylation sites is 2. The quantitative estimate of drug-likeness (QED) is 0.300. The van der Waals surface area contributed by atoms with Crippen LogP contribution in [0.15, 0.2) is 70.9 Å². The Morgan fingerprint density at radius 3 is 2.70 bits per heavy atom. The van der Waals surface area contributed by atoms with Gasteiger partial charge >= 0.3 is 0 Å². The SMILES string of the molecule is CCOc1ccccc1NC(=O)CSc1nc2nccnc2c(=O)n1Cc1ccccc1Cl.